The Balaban J connectivity index is 1.50. The molecule has 1 aromatic heterocycles. The fourth-order valence-electron chi connectivity index (χ4n) is 2.28. The predicted octanol–water partition coefficient (Wildman–Crippen LogP) is 3.42. The maximum absolute atomic E-state index is 13.5. The van der Waals surface area contributed by atoms with Crippen LogP contribution in [-0.2, 0) is 14.3 Å². The molecule has 0 saturated carbocycles. The number of aromatic nitrogens is 2. The summed E-state index contributed by atoms with van der Waals surface area (Å²) in [6, 6.07) is 11.6. The van der Waals surface area contributed by atoms with Crippen LogP contribution in [0.5, 0.6) is 0 Å². The second kappa shape index (κ2) is 9.14. The Labute approximate surface area is 163 Å². The number of rotatable bonds is 7. The Morgan fingerprint density at radius 3 is 2.75 bits per heavy atom. The van der Waals surface area contributed by atoms with Crippen molar-refractivity contribution in [1.82, 2.24) is 9.55 Å². The van der Waals surface area contributed by atoms with Gasteiger partial charge in [-0.15, -0.1) is 0 Å². The molecule has 1 amide bonds. The SMILES string of the molecule is O=C(COC(=O)CSc1nccn1-c1cccc(F)c1)Nc1ccccc1F. The molecule has 0 fully saturated rings. The molecule has 3 aromatic rings. The van der Waals surface area contributed by atoms with E-state index in [4.69, 9.17) is 4.74 Å². The molecule has 28 heavy (non-hydrogen) atoms. The fraction of sp³-hybridized carbons (Fsp3) is 0.105. The van der Waals surface area contributed by atoms with Gasteiger partial charge in [-0.3, -0.25) is 14.2 Å². The molecule has 2 aromatic carbocycles. The van der Waals surface area contributed by atoms with E-state index in [0.717, 1.165) is 11.8 Å². The number of amides is 1. The third kappa shape index (κ3) is 5.17. The van der Waals surface area contributed by atoms with Gasteiger partial charge in [0.15, 0.2) is 11.8 Å². The summed E-state index contributed by atoms with van der Waals surface area (Å²) in [4.78, 5) is 27.8. The van der Waals surface area contributed by atoms with Crippen molar-refractivity contribution in [3.63, 3.8) is 0 Å². The van der Waals surface area contributed by atoms with Crippen LogP contribution < -0.4 is 5.32 Å². The Morgan fingerprint density at radius 2 is 1.96 bits per heavy atom. The van der Waals surface area contributed by atoms with E-state index < -0.39 is 24.3 Å². The molecule has 1 heterocycles. The van der Waals surface area contributed by atoms with Gasteiger partial charge in [0.1, 0.15) is 11.6 Å². The molecular weight excluding hydrogens is 388 g/mol. The van der Waals surface area contributed by atoms with Gasteiger partial charge in [0, 0.05) is 12.4 Å². The number of anilines is 1. The molecule has 0 atom stereocenters. The molecule has 0 spiro atoms. The zero-order valence-electron chi connectivity index (χ0n) is 14.5. The minimum Gasteiger partial charge on any atom is -0.455 e. The maximum Gasteiger partial charge on any atom is 0.316 e. The molecule has 144 valence electrons. The van der Waals surface area contributed by atoms with Crippen LogP contribution in [0, 0.1) is 11.6 Å². The summed E-state index contributed by atoms with van der Waals surface area (Å²) in [5, 5.41) is 2.79. The van der Waals surface area contributed by atoms with Crippen LogP contribution in [0.2, 0.25) is 0 Å². The lowest BCUT2D eigenvalue weighted by Gasteiger charge is -2.08. The van der Waals surface area contributed by atoms with Gasteiger partial charge in [0.05, 0.1) is 17.1 Å². The second-order valence-corrected chi connectivity index (χ2v) is 6.48. The van der Waals surface area contributed by atoms with E-state index in [9.17, 15) is 18.4 Å². The minimum absolute atomic E-state index is 0.00930. The smallest absolute Gasteiger partial charge is 0.316 e. The molecule has 3 rings (SSSR count). The van der Waals surface area contributed by atoms with Crippen molar-refractivity contribution in [1.29, 1.82) is 0 Å². The number of carbonyl (C=O) groups is 2. The molecule has 0 bridgehead atoms. The standard InChI is InChI=1S/C19H15F2N3O3S/c20-13-4-3-5-14(10-13)24-9-8-22-19(24)28-12-18(26)27-11-17(25)23-16-7-2-1-6-15(16)21/h1-10H,11-12H2,(H,23,25). The summed E-state index contributed by atoms with van der Waals surface area (Å²) in [6.07, 6.45) is 3.17. The van der Waals surface area contributed by atoms with E-state index in [-0.39, 0.29) is 17.3 Å². The van der Waals surface area contributed by atoms with Crippen LogP contribution >= 0.6 is 11.8 Å². The highest BCUT2D eigenvalue weighted by Crippen LogP contribution is 2.21. The number of nitrogens with one attached hydrogen (secondary N) is 1. The van der Waals surface area contributed by atoms with Crippen LogP contribution in [0.1, 0.15) is 0 Å². The number of imidazole rings is 1. The molecule has 9 heteroatoms. The third-order valence-electron chi connectivity index (χ3n) is 3.52. The first kappa shape index (κ1) is 19.6. The quantitative estimate of drug-likeness (QED) is 0.483. The monoisotopic (exact) mass is 403 g/mol. The molecule has 1 N–H and O–H groups in total. The lowest BCUT2D eigenvalue weighted by molar-refractivity contribution is -0.144. The first-order valence-corrected chi connectivity index (χ1v) is 9.13. The zero-order chi connectivity index (χ0) is 19.9. The molecular formula is C19H15F2N3O3S. The van der Waals surface area contributed by atoms with E-state index in [1.54, 1.807) is 29.0 Å². The molecule has 0 aliphatic rings. The van der Waals surface area contributed by atoms with Gasteiger partial charge in [0.2, 0.25) is 0 Å². The lowest BCUT2D eigenvalue weighted by atomic mass is 10.3. The van der Waals surface area contributed by atoms with Crippen LogP contribution in [0.15, 0.2) is 66.1 Å². The van der Waals surface area contributed by atoms with Crippen molar-refractivity contribution >= 4 is 29.3 Å². The van der Waals surface area contributed by atoms with E-state index >= 15 is 0 Å². The Hall–Kier alpha value is -3.20. The average molecular weight is 403 g/mol. The van der Waals surface area contributed by atoms with Gasteiger partial charge in [-0.05, 0) is 30.3 Å². The minimum atomic E-state index is -0.648. The summed E-state index contributed by atoms with van der Waals surface area (Å²) < 4.78 is 33.4. The topological polar surface area (TPSA) is 73.2 Å². The van der Waals surface area contributed by atoms with Crippen molar-refractivity contribution in [3.8, 4) is 5.69 Å². The third-order valence-corrected chi connectivity index (χ3v) is 4.46. The molecule has 0 radical (unpaired) electrons. The number of ether oxygens (including phenoxy) is 1. The van der Waals surface area contributed by atoms with Crippen molar-refractivity contribution in [3.05, 3.63) is 72.6 Å². The Morgan fingerprint density at radius 1 is 1.14 bits per heavy atom. The molecule has 0 aliphatic heterocycles. The van der Waals surface area contributed by atoms with Gasteiger partial charge in [-0.1, -0.05) is 30.0 Å². The molecule has 0 saturated heterocycles. The van der Waals surface area contributed by atoms with Crippen molar-refractivity contribution in [2.24, 2.45) is 0 Å². The van der Waals surface area contributed by atoms with Gasteiger partial charge in [-0.2, -0.15) is 0 Å². The first-order chi connectivity index (χ1) is 13.5. The lowest BCUT2D eigenvalue weighted by Crippen LogP contribution is -2.22. The largest absolute Gasteiger partial charge is 0.455 e. The highest BCUT2D eigenvalue weighted by Gasteiger charge is 2.13. The van der Waals surface area contributed by atoms with Crippen molar-refractivity contribution in [2.45, 2.75) is 5.16 Å². The van der Waals surface area contributed by atoms with Gasteiger partial charge < -0.3 is 10.1 Å². The summed E-state index contributed by atoms with van der Waals surface area (Å²) in [5.41, 5.74) is 0.577. The summed E-state index contributed by atoms with van der Waals surface area (Å²) in [5.74, 6) is -2.35. The number of benzene rings is 2. The number of carbonyl (C=O) groups excluding carboxylic acids is 2. The second-order valence-electron chi connectivity index (χ2n) is 5.54. The number of para-hydroxylation sites is 1. The molecule has 0 aliphatic carbocycles. The van der Waals surface area contributed by atoms with Crippen LogP contribution in [0.25, 0.3) is 5.69 Å². The number of esters is 1. The average Bonchev–Trinajstić information content (AvgIpc) is 3.15. The number of hydrogen-bond donors (Lipinski definition) is 1. The van der Waals surface area contributed by atoms with E-state index in [1.165, 1.54) is 36.5 Å². The zero-order valence-corrected chi connectivity index (χ0v) is 15.3. The fourth-order valence-corrected chi connectivity index (χ4v) is 3.05. The van der Waals surface area contributed by atoms with Gasteiger partial charge in [-0.25, -0.2) is 13.8 Å². The van der Waals surface area contributed by atoms with Crippen LogP contribution in [0.3, 0.4) is 0 Å². The molecule has 6 nitrogen and oxygen atoms in total. The number of thioether (sulfide) groups is 1. The van der Waals surface area contributed by atoms with E-state index in [1.807, 2.05) is 0 Å². The predicted molar refractivity (Wildman–Crippen MR) is 100 cm³/mol. The molecule has 0 unspecified atom stereocenters. The highest BCUT2D eigenvalue weighted by molar-refractivity contribution is 7.99. The van der Waals surface area contributed by atoms with Crippen LogP contribution in [-0.4, -0.2) is 33.8 Å². The summed E-state index contributed by atoms with van der Waals surface area (Å²) in [7, 11) is 0. The van der Waals surface area contributed by atoms with Crippen molar-refractivity contribution < 1.29 is 23.1 Å². The number of hydrogen-bond acceptors (Lipinski definition) is 5. The van der Waals surface area contributed by atoms with Gasteiger partial charge in [0.25, 0.3) is 5.91 Å². The number of nitrogens with zero attached hydrogens (tertiary/aromatic N) is 2. The summed E-state index contributed by atoms with van der Waals surface area (Å²) >= 11 is 1.08. The normalized spacial score (nSPS) is 10.5. The van der Waals surface area contributed by atoms with E-state index in [2.05, 4.69) is 10.3 Å². The maximum atomic E-state index is 13.5. The Bertz CT molecular complexity index is 994. The van der Waals surface area contributed by atoms with E-state index in [0.29, 0.717) is 10.8 Å². The number of halogens is 2. The highest BCUT2D eigenvalue weighted by atomic mass is 32.2. The Kier molecular flexibility index (Phi) is 6.38. The van der Waals surface area contributed by atoms with Gasteiger partial charge >= 0.3 is 5.97 Å². The van der Waals surface area contributed by atoms with Crippen molar-refractivity contribution in [2.75, 3.05) is 17.7 Å². The first-order valence-electron chi connectivity index (χ1n) is 8.15. The summed E-state index contributed by atoms with van der Waals surface area (Å²) in [6.45, 7) is -0.536. The van der Waals surface area contributed by atoms with Crippen LogP contribution in [0.4, 0.5) is 14.5 Å².